The number of hydrogen-bond acceptors (Lipinski definition) is 6. The van der Waals surface area contributed by atoms with Gasteiger partial charge in [-0.25, -0.2) is 0 Å². The lowest BCUT2D eigenvalue weighted by molar-refractivity contribution is -0.133. The second kappa shape index (κ2) is 7.69. The predicted octanol–water partition coefficient (Wildman–Crippen LogP) is 2.68. The van der Waals surface area contributed by atoms with Crippen molar-refractivity contribution >= 4 is 17.7 Å². The van der Waals surface area contributed by atoms with E-state index in [0.29, 0.717) is 17.5 Å². The Morgan fingerprint density at radius 1 is 1.21 bits per heavy atom. The van der Waals surface area contributed by atoms with Gasteiger partial charge in [0.05, 0.1) is 18.6 Å². The molecule has 0 saturated carbocycles. The number of hydrogen-bond donors (Lipinski definition) is 1. The Bertz CT molecular complexity index is 787. The Morgan fingerprint density at radius 2 is 2.04 bits per heavy atom. The molecule has 24 heavy (non-hydrogen) atoms. The van der Waals surface area contributed by atoms with Crippen molar-refractivity contribution in [2.45, 2.75) is 18.3 Å². The Labute approximate surface area is 142 Å². The van der Waals surface area contributed by atoms with Crippen LogP contribution in [0.2, 0.25) is 0 Å². The van der Waals surface area contributed by atoms with Crippen LogP contribution in [0.15, 0.2) is 58.3 Å². The average molecular weight is 345 g/mol. The molecule has 0 fully saturated rings. The molecule has 0 spiro atoms. The summed E-state index contributed by atoms with van der Waals surface area (Å²) in [5, 5.41) is 17.6. The van der Waals surface area contributed by atoms with Crippen LogP contribution >= 0.6 is 11.8 Å². The summed E-state index contributed by atoms with van der Waals surface area (Å²) in [5.41, 5.74) is 0. The van der Waals surface area contributed by atoms with Gasteiger partial charge in [0.1, 0.15) is 18.1 Å². The number of aromatic nitrogens is 3. The Balaban J connectivity index is 1.77. The molecule has 0 atom stereocenters. The Morgan fingerprint density at radius 3 is 2.75 bits per heavy atom. The van der Waals surface area contributed by atoms with Gasteiger partial charge in [0.25, 0.3) is 0 Å². The summed E-state index contributed by atoms with van der Waals surface area (Å²) in [5.74, 6) is 1.06. The second-order valence-electron chi connectivity index (χ2n) is 4.85. The van der Waals surface area contributed by atoms with Crippen molar-refractivity contribution in [1.29, 1.82) is 0 Å². The number of benzene rings is 1. The molecular formula is C16H15N3O4S. The van der Waals surface area contributed by atoms with E-state index < -0.39 is 5.97 Å². The molecule has 0 aliphatic heterocycles. The van der Waals surface area contributed by atoms with Gasteiger partial charge in [0.15, 0.2) is 11.0 Å². The molecule has 7 nitrogen and oxygen atoms in total. The SMILES string of the molecule is O=C(O)CSc1nnc(COc2ccccc2)n1Cc1ccco1. The molecule has 1 aromatic carbocycles. The van der Waals surface area contributed by atoms with Gasteiger partial charge in [-0.3, -0.25) is 9.36 Å². The number of carboxylic acid groups (broad SMARTS) is 1. The number of thioether (sulfide) groups is 1. The fourth-order valence-corrected chi connectivity index (χ4v) is 2.72. The van der Waals surface area contributed by atoms with E-state index in [2.05, 4.69) is 10.2 Å². The minimum atomic E-state index is -0.908. The van der Waals surface area contributed by atoms with Gasteiger partial charge < -0.3 is 14.3 Å². The van der Waals surface area contributed by atoms with Crippen molar-refractivity contribution in [2.75, 3.05) is 5.75 Å². The maximum absolute atomic E-state index is 10.8. The monoisotopic (exact) mass is 345 g/mol. The molecule has 0 aliphatic carbocycles. The molecule has 3 aromatic rings. The zero-order valence-electron chi connectivity index (χ0n) is 12.7. The highest BCUT2D eigenvalue weighted by molar-refractivity contribution is 7.99. The van der Waals surface area contributed by atoms with E-state index in [1.807, 2.05) is 36.4 Å². The third kappa shape index (κ3) is 4.17. The number of furan rings is 1. The number of para-hydroxylation sites is 1. The van der Waals surface area contributed by atoms with Crippen LogP contribution in [0.5, 0.6) is 5.75 Å². The minimum Gasteiger partial charge on any atom is -0.486 e. The van der Waals surface area contributed by atoms with Gasteiger partial charge in [-0.2, -0.15) is 0 Å². The summed E-state index contributed by atoms with van der Waals surface area (Å²) in [6.45, 7) is 0.640. The zero-order chi connectivity index (χ0) is 16.8. The molecule has 0 unspecified atom stereocenters. The summed E-state index contributed by atoms with van der Waals surface area (Å²) in [6, 6.07) is 13.0. The fourth-order valence-electron chi connectivity index (χ4n) is 2.04. The standard InChI is InChI=1S/C16H15N3O4S/c20-15(21)11-24-16-18-17-14(10-23-12-5-2-1-3-6-12)19(16)9-13-7-4-8-22-13/h1-8H,9-11H2,(H,20,21). The predicted molar refractivity (Wildman–Crippen MR) is 87.0 cm³/mol. The van der Waals surface area contributed by atoms with Gasteiger partial charge in [0.2, 0.25) is 0 Å². The van der Waals surface area contributed by atoms with E-state index in [4.69, 9.17) is 14.3 Å². The van der Waals surface area contributed by atoms with Gasteiger partial charge in [-0.05, 0) is 24.3 Å². The summed E-state index contributed by atoms with van der Waals surface area (Å²) >= 11 is 1.11. The van der Waals surface area contributed by atoms with E-state index in [1.54, 1.807) is 16.9 Å². The van der Waals surface area contributed by atoms with Crippen LogP contribution in [0.1, 0.15) is 11.6 Å². The van der Waals surface area contributed by atoms with Crippen molar-refractivity contribution in [3.63, 3.8) is 0 Å². The summed E-state index contributed by atoms with van der Waals surface area (Å²) in [4.78, 5) is 10.8. The van der Waals surface area contributed by atoms with E-state index in [9.17, 15) is 4.79 Å². The number of rotatable bonds is 8. The first-order chi connectivity index (χ1) is 11.7. The molecule has 0 aliphatic rings. The Hall–Kier alpha value is -2.74. The first-order valence-electron chi connectivity index (χ1n) is 7.19. The normalized spacial score (nSPS) is 10.7. The number of aliphatic carboxylic acids is 1. The molecule has 0 saturated heterocycles. The summed E-state index contributed by atoms with van der Waals surface area (Å²) in [6.07, 6.45) is 1.59. The maximum atomic E-state index is 10.8. The topological polar surface area (TPSA) is 90.4 Å². The quantitative estimate of drug-likeness (QED) is 0.628. The van der Waals surface area contributed by atoms with Crippen LogP contribution in [0.25, 0.3) is 0 Å². The summed E-state index contributed by atoms with van der Waals surface area (Å²) in [7, 11) is 0. The van der Waals surface area contributed by atoms with Crippen molar-refractivity contribution in [3.8, 4) is 5.75 Å². The molecule has 1 N–H and O–H groups in total. The fraction of sp³-hybridized carbons (Fsp3) is 0.188. The smallest absolute Gasteiger partial charge is 0.313 e. The van der Waals surface area contributed by atoms with Crippen LogP contribution in [0.4, 0.5) is 0 Å². The molecule has 0 radical (unpaired) electrons. The highest BCUT2D eigenvalue weighted by Crippen LogP contribution is 2.20. The van der Waals surface area contributed by atoms with Crippen LogP contribution in [0, 0.1) is 0 Å². The highest BCUT2D eigenvalue weighted by Gasteiger charge is 2.16. The van der Waals surface area contributed by atoms with Crippen LogP contribution in [-0.2, 0) is 17.9 Å². The van der Waals surface area contributed by atoms with Crippen molar-refractivity contribution < 1.29 is 19.1 Å². The largest absolute Gasteiger partial charge is 0.486 e. The molecule has 0 bridgehead atoms. The van der Waals surface area contributed by atoms with Gasteiger partial charge in [-0.15, -0.1) is 10.2 Å². The van der Waals surface area contributed by atoms with Crippen molar-refractivity contribution in [3.05, 3.63) is 60.3 Å². The molecule has 2 aromatic heterocycles. The second-order valence-corrected chi connectivity index (χ2v) is 5.79. The molecular weight excluding hydrogens is 330 g/mol. The third-order valence-corrected chi connectivity index (χ3v) is 4.07. The average Bonchev–Trinajstić information content (AvgIpc) is 3.23. The number of ether oxygens (including phenoxy) is 1. The zero-order valence-corrected chi connectivity index (χ0v) is 13.5. The number of carbonyl (C=O) groups is 1. The van der Waals surface area contributed by atoms with Crippen molar-refractivity contribution in [1.82, 2.24) is 14.8 Å². The first-order valence-corrected chi connectivity index (χ1v) is 8.18. The molecule has 0 amide bonds. The van der Waals surface area contributed by atoms with Crippen LogP contribution < -0.4 is 4.74 Å². The van der Waals surface area contributed by atoms with Gasteiger partial charge in [-0.1, -0.05) is 30.0 Å². The lowest BCUT2D eigenvalue weighted by Crippen LogP contribution is -2.10. The first kappa shape index (κ1) is 16.1. The van der Waals surface area contributed by atoms with Gasteiger partial charge in [0, 0.05) is 0 Å². The highest BCUT2D eigenvalue weighted by atomic mass is 32.2. The number of nitrogens with zero attached hydrogens (tertiary/aromatic N) is 3. The number of carboxylic acids is 1. The third-order valence-electron chi connectivity index (χ3n) is 3.12. The maximum Gasteiger partial charge on any atom is 0.313 e. The van der Waals surface area contributed by atoms with E-state index in [0.717, 1.165) is 23.3 Å². The molecule has 2 heterocycles. The molecule has 3 rings (SSSR count). The lowest BCUT2D eigenvalue weighted by Gasteiger charge is -2.09. The lowest BCUT2D eigenvalue weighted by atomic mass is 10.3. The van der Waals surface area contributed by atoms with Crippen LogP contribution in [-0.4, -0.2) is 31.6 Å². The Kier molecular flexibility index (Phi) is 5.17. The van der Waals surface area contributed by atoms with Crippen molar-refractivity contribution in [2.24, 2.45) is 0 Å². The van der Waals surface area contributed by atoms with E-state index >= 15 is 0 Å². The minimum absolute atomic E-state index is 0.0875. The van der Waals surface area contributed by atoms with E-state index in [-0.39, 0.29) is 12.4 Å². The summed E-state index contributed by atoms with van der Waals surface area (Å²) < 4.78 is 12.9. The van der Waals surface area contributed by atoms with Gasteiger partial charge >= 0.3 is 5.97 Å². The molecule has 8 heteroatoms. The molecule has 124 valence electrons. The van der Waals surface area contributed by atoms with E-state index in [1.165, 1.54) is 0 Å². The van der Waals surface area contributed by atoms with Crippen LogP contribution in [0.3, 0.4) is 0 Å².